The molecule has 1 aromatic heterocycles. The molecule has 0 radical (unpaired) electrons. The van der Waals surface area contributed by atoms with Crippen LogP contribution in [-0.2, 0) is 6.54 Å². The van der Waals surface area contributed by atoms with Gasteiger partial charge < -0.3 is 10.2 Å². The minimum atomic E-state index is -0.145. The van der Waals surface area contributed by atoms with E-state index in [-0.39, 0.29) is 5.91 Å². The summed E-state index contributed by atoms with van der Waals surface area (Å²) < 4.78 is 0. The molecule has 5 heteroatoms. The fourth-order valence-electron chi connectivity index (χ4n) is 2.87. The second-order valence-electron chi connectivity index (χ2n) is 7.17. The predicted octanol–water partition coefficient (Wildman–Crippen LogP) is 4.70. The Bertz CT molecular complexity index is 910. The molecule has 0 fully saturated rings. The average Bonchev–Trinajstić information content (AvgIpc) is 2.71. The quantitative estimate of drug-likeness (QED) is 0.651. The summed E-state index contributed by atoms with van der Waals surface area (Å²) in [5.74, 6) is 1.59. The Labute approximate surface area is 166 Å². The molecule has 1 N–H and O–H groups in total. The van der Waals surface area contributed by atoms with Crippen LogP contribution in [0.25, 0.3) is 0 Å². The van der Waals surface area contributed by atoms with Gasteiger partial charge in [-0.3, -0.25) is 4.79 Å². The standard InChI is InChI=1S/C23H26N4O/c1-17(2)15-24-22-14-21(25-18(3)26-22)23(28)27(20-12-8-5-9-13-20)16-19-10-6-4-7-11-19/h4-14,17H,15-16H2,1-3H3,(H,24,25,26). The van der Waals surface area contributed by atoms with Crippen molar-refractivity contribution in [1.29, 1.82) is 0 Å². The zero-order valence-electron chi connectivity index (χ0n) is 16.6. The maximum absolute atomic E-state index is 13.4. The normalized spacial score (nSPS) is 10.7. The first-order valence-corrected chi connectivity index (χ1v) is 9.53. The number of aromatic nitrogens is 2. The molecule has 144 valence electrons. The largest absolute Gasteiger partial charge is 0.370 e. The molecule has 0 saturated carbocycles. The zero-order chi connectivity index (χ0) is 19.9. The number of aryl methyl sites for hydroxylation is 1. The number of nitrogens with one attached hydrogen (secondary N) is 1. The third kappa shape index (κ3) is 5.16. The fourth-order valence-corrected chi connectivity index (χ4v) is 2.87. The summed E-state index contributed by atoms with van der Waals surface area (Å²) >= 11 is 0. The second kappa shape index (κ2) is 9.13. The minimum absolute atomic E-state index is 0.145. The van der Waals surface area contributed by atoms with Crippen LogP contribution in [0.2, 0.25) is 0 Å². The summed E-state index contributed by atoms with van der Waals surface area (Å²) in [7, 11) is 0. The van der Waals surface area contributed by atoms with Gasteiger partial charge in [0.1, 0.15) is 17.3 Å². The maximum Gasteiger partial charge on any atom is 0.277 e. The number of anilines is 2. The lowest BCUT2D eigenvalue weighted by Gasteiger charge is -2.23. The van der Waals surface area contributed by atoms with Crippen LogP contribution < -0.4 is 10.2 Å². The van der Waals surface area contributed by atoms with E-state index in [0.717, 1.165) is 17.8 Å². The molecule has 3 rings (SSSR count). The lowest BCUT2D eigenvalue weighted by atomic mass is 10.1. The monoisotopic (exact) mass is 374 g/mol. The van der Waals surface area contributed by atoms with Crippen molar-refractivity contribution >= 4 is 17.4 Å². The van der Waals surface area contributed by atoms with Crippen LogP contribution in [0.3, 0.4) is 0 Å². The van der Waals surface area contributed by atoms with E-state index in [1.807, 2.05) is 60.7 Å². The van der Waals surface area contributed by atoms with E-state index < -0.39 is 0 Å². The molecule has 1 heterocycles. The third-order valence-electron chi connectivity index (χ3n) is 4.25. The Hall–Kier alpha value is -3.21. The molecule has 2 aromatic carbocycles. The van der Waals surface area contributed by atoms with E-state index >= 15 is 0 Å². The Morgan fingerprint density at radius 1 is 1.00 bits per heavy atom. The van der Waals surface area contributed by atoms with E-state index in [4.69, 9.17) is 0 Å². The van der Waals surface area contributed by atoms with Crippen molar-refractivity contribution in [1.82, 2.24) is 9.97 Å². The SMILES string of the molecule is Cc1nc(NCC(C)C)cc(C(=O)N(Cc2ccccc2)c2ccccc2)n1. The molecular formula is C23H26N4O. The van der Waals surface area contributed by atoms with Crippen LogP contribution in [0.4, 0.5) is 11.5 Å². The second-order valence-corrected chi connectivity index (χ2v) is 7.17. The van der Waals surface area contributed by atoms with Gasteiger partial charge in [-0.05, 0) is 30.5 Å². The van der Waals surface area contributed by atoms with Crippen LogP contribution in [0.5, 0.6) is 0 Å². The Kier molecular flexibility index (Phi) is 6.37. The van der Waals surface area contributed by atoms with Crippen molar-refractivity contribution in [2.24, 2.45) is 5.92 Å². The molecule has 0 atom stereocenters. The molecule has 0 saturated heterocycles. The van der Waals surface area contributed by atoms with Crippen LogP contribution in [0.1, 0.15) is 35.7 Å². The first-order valence-electron chi connectivity index (χ1n) is 9.53. The summed E-state index contributed by atoms with van der Waals surface area (Å²) in [6.07, 6.45) is 0. The molecule has 1 amide bonds. The highest BCUT2D eigenvalue weighted by molar-refractivity contribution is 6.05. The number of carbonyl (C=O) groups is 1. The van der Waals surface area contributed by atoms with Gasteiger partial charge in [-0.25, -0.2) is 9.97 Å². The zero-order valence-corrected chi connectivity index (χ0v) is 16.6. The summed E-state index contributed by atoms with van der Waals surface area (Å²) in [6.45, 7) is 7.33. The molecule has 0 aliphatic heterocycles. The van der Waals surface area contributed by atoms with Gasteiger partial charge >= 0.3 is 0 Å². The molecule has 28 heavy (non-hydrogen) atoms. The van der Waals surface area contributed by atoms with Gasteiger partial charge in [-0.1, -0.05) is 62.4 Å². The number of benzene rings is 2. The van der Waals surface area contributed by atoms with Crippen molar-refractivity contribution in [3.8, 4) is 0 Å². The van der Waals surface area contributed by atoms with Crippen molar-refractivity contribution < 1.29 is 4.79 Å². The molecule has 0 aliphatic carbocycles. The predicted molar refractivity (Wildman–Crippen MR) is 113 cm³/mol. The molecule has 0 spiro atoms. The number of hydrogen-bond acceptors (Lipinski definition) is 4. The van der Waals surface area contributed by atoms with Gasteiger partial charge in [-0.15, -0.1) is 0 Å². The third-order valence-corrected chi connectivity index (χ3v) is 4.25. The number of nitrogens with zero attached hydrogens (tertiary/aromatic N) is 3. The number of hydrogen-bond donors (Lipinski definition) is 1. The molecule has 0 unspecified atom stereocenters. The number of carbonyl (C=O) groups excluding carboxylic acids is 1. The summed E-state index contributed by atoms with van der Waals surface area (Å²) in [6, 6.07) is 21.4. The summed E-state index contributed by atoms with van der Waals surface area (Å²) in [4.78, 5) is 24.0. The minimum Gasteiger partial charge on any atom is -0.370 e. The Balaban J connectivity index is 1.92. The van der Waals surface area contributed by atoms with Crippen LogP contribution in [0.15, 0.2) is 66.7 Å². The van der Waals surface area contributed by atoms with E-state index in [9.17, 15) is 4.79 Å². The van der Waals surface area contributed by atoms with Gasteiger partial charge in [0.05, 0.1) is 6.54 Å². The lowest BCUT2D eigenvalue weighted by Crippen LogP contribution is -2.31. The van der Waals surface area contributed by atoms with Gasteiger partial charge in [0.2, 0.25) is 0 Å². The number of amides is 1. The van der Waals surface area contributed by atoms with Crippen LogP contribution in [0, 0.1) is 12.8 Å². The summed E-state index contributed by atoms with van der Waals surface area (Å²) in [5.41, 5.74) is 2.28. The van der Waals surface area contributed by atoms with Crippen molar-refractivity contribution in [2.45, 2.75) is 27.3 Å². The smallest absolute Gasteiger partial charge is 0.277 e. The molecule has 5 nitrogen and oxygen atoms in total. The van der Waals surface area contributed by atoms with Crippen LogP contribution >= 0.6 is 0 Å². The van der Waals surface area contributed by atoms with Crippen molar-refractivity contribution in [3.63, 3.8) is 0 Å². The van der Waals surface area contributed by atoms with Gasteiger partial charge in [0.25, 0.3) is 5.91 Å². The van der Waals surface area contributed by atoms with Crippen LogP contribution in [-0.4, -0.2) is 22.4 Å². The summed E-state index contributed by atoms with van der Waals surface area (Å²) in [5, 5.41) is 3.29. The van der Waals surface area contributed by atoms with Crippen molar-refractivity contribution in [3.05, 3.63) is 83.8 Å². The molecule has 3 aromatic rings. The van der Waals surface area contributed by atoms with E-state index in [2.05, 4.69) is 29.1 Å². The topological polar surface area (TPSA) is 58.1 Å². The molecular weight excluding hydrogens is 348 g/mol. The highest BCUT2D eigenvalue weighted by Crippen LogP contribution is 2.20. The number of rotatable bonds is 7. The lowest BCUT2D eigenvalue weighted by molar-refractivity contribution is 0.0980. The highest BCUT2D eigenvalue weighted by atomic mass is 16.2. The van der Waals surface area contributed by atoms with Gasteiger partial charge in [-0.2, -0.15) is 0 Å². The van der Waals surface area contributed by atoms with E-state index in [1.165, 1.54) is 0 Å². The molecule has 0 bridgehead atoms. The first-order chi connectivity index (χ1) is 13.5. The first kappa shape index (κ1) is 19.5. The average molecular weight is 374 g/mol. The highest BCUT2D eigenvalue weighted by Gasteiger charge is 2.20. The van der Waals surface area contributed by atoms with Crippen molar-refractivity contribution in [2.75, 3.05) is 16.8 Å². The van der Waals surface area contributed by atoms with E-state index in [0.29, 0.717) is 29.8 Å². The Morgan fingerprint density at radius 2 is 1.64 bits per heavy atom. The molecule has 0 aliphatic rings. The fraction of sp³-hybridized carbons (Fsp3) is 0.261. The van der Waals surface area contributed by atoms with Gasteiger partial charge in [0.15, 0.2) is 0 Å². The Morgan fingerprint density at radius 3 is 2.29 bits per heavy atom. The maximum atomic E-state index is 13.4. The number of para-hydroxylation sites is 1. The van der Waals surface area contributed by atoms with E-state index in [1.54, 1.807) is 17.9 Å². The van der Waals surface area contributed by atoms with Gasteiger partial charge in [0, 0.05) is 18.3 Å².